The molecular formula is C3H10N2O7P2. The van der Waals surface area contributed by atoms with Crippen LogP contribution < -0.4 is 5.73 Å². The summed E-state index contributed by atoms with van der Waals surface area (Å²) in [5.74, 6) is 0. The lowest BCUT2D eigenvalue weighted by Crippen LogP contribution is -2.41. The van der Waals surface area contributed by atoms with Crippen LogP contribution in [0.2, 0.25) is 0 Å². The minimum absolute atomic E-state index is 0.882. The molecule has 0 fully saturated rings. The minimum Gasteiger partial charge on any atom is -0.363 e. The van der Waals surface area contributed by atoms with Crippen LogP contribution in [0.5, 0.6) is 0 Å². The molecule has 0 heterocycles. The Hall–Kier alpha value is -0.110. The maximum atomic E-state index is 10.7. The number of hydrogen-bond donors (Lipinski definition) is 7. The van der Waals surface area contributed by atoms with Gasteiger partial charge in [0.2, 0.25) is 0 Å². The second-order valence-corrected chi connectivity index (χ2v) is 6.23. The Labute approximate surface area is 78.4 Å². The molecule has 0 bridgehead atoms. The van der Waals surface area contributed by atoms with E-state index in [4.69, 9.17) is 35.8 Å². The van der Waals surface area contributed by atoms with Crippen LogP contribution in [0.3, 0.4) is 0 Å². The molecule has 8 N–H and O–H groups in total. The van der Waals surface area contributed by atoms with Crippen molar-refractivity contribution in [1.29, 1.82) is 5.41 Å². The normalized spacial score (nSPS) is 14.1. The van der Waals surface area contributed by atoms with Crippen LogP contribution in [-0.2, 0) is 9.13 Å². The number of rotatable bonds is 4. The molecule has 0 amide bonds. The number of aliphatic hydroxyl groups is 1. The highest BCUT2D eigenvalue weighted by molar-refractivity contribution is 7.73. The van der Waals surface area contributed by atoms with Crippen LogP contribution in [0, 0.1) is 5.41 Å². The van der Waals surface area contributed by atoms with E-state index >= 15 is 0 Å². The first-order chi connectivity index (χ1) is 5.98. The Morgan fingerprint density at radius 2 is 1.50 bits per heavy atom. The highest BCUT2D eigenvalue weighted by Crippen LogP contribution is 2.67. The largest absolute Gasteiger partial charge is 0.375 e. The summed E-state index contributed by atoms with van der Waals surface area (Å²) in [6, 6.07) is 0. The predicted octanol–water partition coefficient (Wildman–Crippen LogP) is -2.03. The molecule has 14 heavy (non-hydrogen) atoms. The molecule has 0 aromatic heterocycles. The molecule has 0 aliphatic carbocycles. The SMILES string of the molecule is N=C(CN)C(O)(P(=O)(O)O)P(=O)(O)O. The lowest BCUT2D eigenvalue weighted by atomic mass is 10.4. The van der Waals surface area contributed by atoms with Crippen molar-refractivity contribution in [3.8, 4) is 0 Å². The van der Waals surface area contributed by atoms with Crippen molar-refractivity contribution < 1.29 is 33.8 Å². The van der Waals surface area contributed by atoms with Gasteiger partial charge in [0.25, 0.3) is 0 Å². The summed E-state index contributed by atoms with van der Waals surface area (Å²) in [6.07, 6.45) is 0. The molecule has 0 unspecified atom stereocenters. The zero-order chi connectivity index (χ0) is 11.8. The Bertz CT molecular complexity index is 306. The van der Waals surface area contributed by atoms with Crippen molar-refractivity contribution in [3.63, 3.8) is 0 Å². The first kappa shape index (κ1) is 13.9. The lowest BCUT2D eigenvalue weighted by molar-refractivity contribution is 0.180. The molecule has 0 aliphatic rings. The van der Waals surface area contributed by atoms with Gasteiger partial charge < -0.3 is 35.8 Å². The van der Waals surface area contributed by atoms with Gasteiger partial charge in [-0.15, -0.1) is 0 Å². The minimum atomic E-state index is -5.59. The zero-order valence-corrected chi connectivity index (χ0v) is 8.52. The molecule has 0 aliphatic heterocycles. The molecule has 9 nitrogen and oxygen atoms in total. The summed E-state index contributed by atoms with van der Waals surface area (Å²) in [6.45, 7) is -0.882. The van der Waals surface area contributed by atoms with Crippen LogP contribution in [0.25, 0.3) is 0 Å². The summed E-state index contributed by atoms with van der Waals surface area (Å²) in [5, 5.41) is 12.1. The van der Waals surface area contributed by atoms with Crippen molar-refractivity contribution in [1.82, 2.24) is 0 Å². The molecule has 0 saturated carbocycles. The van der Waals surface area contributed by atoms with Gasteiger partial charge in [0.1, 0.15) is 0 Å². The molecule has 0 saturated heterocycles. The van der Waals surface area contributed by atoms with E-state index in [0.717, 1.165) is 0 Å². The van der Waals surface area contributed by atoms with Gasteiger partial charge in [-0.2, -0.15) is 0 Å². The molecule has 0 spiro atoms. The maximum absolute atomic E-state index is 10.7. The summed E-state index contributed by atoms with van der Waals surface area (Å²) >= 11 is 0. The van der Waals surface area contributed by atoms with Crippen LogP contribution in [0.1, 0.15) is 0 Å². The van der Waals surface area contributed by atoms with E-state index in [9.17, 15) is 9.13 Å². The fourth-order valence-electron chi connectivity index (χ4n) is 0.658. The van der Waals surface area contributed by atoms with Crippen molar-refractivity contribution >= 4 is 20.9 Å². The Kier molecular flexibility index (Phi) is 3.77. The highest BCUT2D eigenvalue weighted by atomic mass is 31.2. The maximum Gasteiger partial charge on any atom is 0.375 e. The number of nitrogens with two attached hydrogens (primary N) is 1. The van der Waals surface area contributed by atoms with E-state index < -0.39 is 32.5 Å². The quantitative estimate of drug-likeness (QED) is 0.219. The van der Waals surface area contributed by atoms with Gasteiger partial charge in [-0.1, -0.05) is 0 Å². The highest BCUT2D eigenvalue weighted by Gasteiger charge is 2.62. The molecular weight excluding hydrogens is 238 g/mol. The number of nitrogens with one attached hydrogen (secondary N) is 1. The summed E-state index contributed by atoms with van der Waals surface area (Å²) < 4.78 is 21.3. The first-order valence-electron chi connectivity index (χ1n) is 3.10. The van der Waals surface area contributed by atoms with E-state index in [-0.39, 0.29) is 0 Å². The summed E-state index contributed by atoms with van der Waals surface area (Å²) in [4.78, 5) is 34.2. The van der Waals surface area contributed by atoms with Crippen LogP contribution in [0.4, 0.5) is 0 Å². The summed E-state index contributed by atoms with van der Waals surface area (Å²) in [5.41, 5.74) is 3.46. The van der Waals surface area contributed by atoms with E-state index in [0.29, 0.717) is 0 Å². The molecule has 84 valence electrons. The van der Waals surface area contributed by atoms with Gasteiger partial charge in [0, 0.05) is 6.54 Å². The molecule has 0 radical (unpaired) electrons. The average Bonchev–Trinajstić information content (AvgIpc) is 1.97. The third-order valence-corrected chi connectivity index (χ3v) is 5.15. The first-order valence-corrected chi connectivity index (χ1v) is 6.32. The molecule has 0 atom stereocenters. The van der Waals surface area contributed by atoms with E-state index in [1.54, 1.807) is 0 Å². The number of hydrogen-bond acceptors (Lipinski definition) is 5. The monoisotopic (exact) mass is 248 g/mol. The van der Waals surface area contributed by atoms with Crippen molar-refractivity contribution in [3.05, 3.63) is 0 Å². The van der Waals surface area contributed by atoms with Crippen molar-refractivity contribution in [2.45, 2.75) is 5.08 Å². The van der Waals surface area contributed by atoms with E-state index in [2.05, 4.69) is 0 Å². The van der Waals surface area contributed by atoms with Crippen molar-refractivity contribution in [2.75, 3.05) is 6.54 Å². The van der Waals surface area contributed by atoms with Crippen molar-refractivity contribution in [2.24, 2.45) is 5.73 Å². The third kappa shape index (κ3) is 2.10. The van der Waals surface area contributed by atoms with Gasteiger partial charge in [0.15, 0.2) is 0 Å². The fraction of sp³-hybridized carbons (Fsp3) is 0.667. The van der Waals surface area contributed by atoms with Crippen LogP contribution in [-0.4, -0.2) is 42.0 Å². The van der Waals surface area contributed by atoms with Gasteiger partial charge in [0.05, 0.1) is 5.71 Å². The van der Waals surface area contributed by atoms with E-state index in [1.807, 2.05) is 0 Å². The zero-order valence-electron chi connectivity index (χ0n) is 6.73. The molecule has 0 aromatic carbocycles. The smallest absolute Gasteiger partial charge is 0.363 e. The lowest BCUT2D eigenvalue weighted by Gasteiger charge is -2.28. The fourth-order valence-corrected chi connectivity index (χ4v) is 2.90. The average molecular weight is 248 g/mol. The molecule has 0 aromatic rings. The second-order valence-electron chi connectivity index (χ2n) is 2.41. The van der Waals surface area contributed by atoms with Gasteiger partial charge >= 0.3 is 20.3 Å². The molecule has 11 heteroatoms. The standard InChI is InChI=1S/C3H10N2O7P2/c4-1-2(5)3(6,13(7,8)9)14(10,11)12/h5-6H,1,4H2,(H2,7,8,9)(H2,10,11,12). The summed E-state index contributed by atoms with van der Waals surface area (Å²) in [7, 11) is -11.2. The topological polar surface area (TPSA) is 185 Å². The van der Waals surface area contributed by atoms with Gasteiger partial charge in [-0.05, 0) is 0 Å². The van der Waals surface area contributed by atoms with Crippen LogP contribution >= 0.6 is 15.2 Å². The van der Waals surface area contributed by atoms with Gasteiger partial charge in [-0.25, -0.2) is 0 Å². The Morgan fingerprint density at radius 1 is 1.21 bits per heavy atom. The third-order valence-electron chi connectivity index (χ3n) is 1.42. The van der Waals surface area contributed by atoms with Gasteiger partial charge in [-0.3, -0.25) is 9.13 Å². The Morgan fingerprint density at radius 3 is 1.57 bits per heavy atom. The predicted molar refractivity (Wildman–Crippen MR) is 45.8 cm³/mol. The van der Waals surface area contributed by atoms with Crippen LogP contribution in [0.15, 0.2) is 0 Å². The second kappa shape index (κ2) is 3.80. The Balaban J connectivity index is 5.66. The molecule has 0 rings (SSSR count). The van der Waals surface area contributed by atoms with E-state index in [1.165, 1.54) is 0 Å².